The van der Waals surface area contributed by atoms with Crippen LogP contribution in [0.2, 0.25) is 0 Å². The Balaban J connectivity index is 1.72. The monoisotopic (exact) mass is 588 g/mol. The molecule has 2 saturated heterocycles. The van der Waals surface area contributed by atoms with Gasteiger partial charge in [-0.25, -0.2) is 19.4 Å². The molecule has 4 heterocycles. The standard InChI is InChI=1S/C17H24N4O15S2/c1-5-9(22)10(23)11(24)17(31-5)33-12-7(3-30-37-36-35-26)32-16(13(12)34-38(27,28)29)21-4-18-8-14(21)19-6(2)20-15(8)25/h4-5,7,9-13,16-17,22-24,26H,3H2,1-2H3,(H,19,20,25)(H,27,28,29)/t5?,7-,9-,10+,11-,12+,13?,16-,17?/m1/s1. The fourth-order valence-corrected chi connectivity index (χ4v) is 4.84. The third kappa shape index (κ3) is 6.15. The van der Waals surface area contributed by atoms with E-state index in [1.807, 2.05) is 0 Å². The molecule has 2 aromatic rings. The Labute approximate surface area is 217 Å². The van der Waals surface area contributed by atoms with Crippen molar-refractivity contribution in [2.75, 3.05) is 6.61 Å². The molecule has 0 amide bonds. The molecule has 2 aliphatic rings. The molecule has 9 atom stereocenters. The van der Waals surface area contributed by atoms with Gasteiger partial charge in [0.1, 0.15) is 36.3 Å². The number of hydrogen-bond donors (Lipinski definition) is 6. The lowest BCUT2D eigenvalue weighted by molar-refractivity contribution is -0.434. The number of rotatable bonds is 10. The smallest absolute Gasteiger partial charge is 0.388 e. The highest BCUT2D eigenvalue weighted by atomic mass is 32.3. The number of aliphatic hydroxyl groups excluding tert-OH is 3. The van der Waals surface area contributed by atoms with Gasteiger partial charge in [0.25, 0.3) is 5.56 Å². The average molecular weight is 589 g/mol. The van der Waals surface area contributed by atoms with Crippen LogP contribution < -0.4 is 5.56 Å². The van der Waals surface area contributed by atoms with Crippen molar-refractivity contribution in [1.82, 2.24) is 19.5 Å². The van der Waals surface area contributed by atoms with Gasteiger partial charge in [0.2, 0.25) is 0 Å². The zero-order valence-corrected chi connectivity index (χ0v) is 21.1. The van der Waals surface area contributed by atoms with E-state index in [0.29, 0.717) is 0 Å². The van der Waals surface area contributed by atoms with E-state index in [0.717, 1.165) is 10.9 Å². The second-order valence-corrected chi connectivity index (χ2v) is 9.86. The predicted molar refractivity (Wildman–Crippen MR) is 119 cm³/mol. The first-order chi connectivity index (χ1) is 17.9. The second kappa shape index (κ2) is 11.7. The van der Waals surface area contributed by atoms with Gasteiger partial charge in [0, 0.05) is 0 Å². The molecule has 19 nitrogen and oxygen atoms in total. The highest BCUT2D eigenvalue weighted by molar-refractivity contribution is 7.89. The number of fused-ring (bicyclic) bond motifs is 1. The number of nitrogens with one attached hydrogen (secondary N) is 1. The van der Waals surface area contributed by atoms with Gasteiger partial charge >= 0.3 is 10.4 Å². The first kappa shape index (κ1) is 29.2. The summed E-state index contributed by atoms with van der Waals surface area (Å²) in [5, 5.41) is 42.2. The van der Waals surface area contributed by atoms with Crippen molar-refractivity contribution in [3.8, 4) is 0 Å². The van der Waals surface area contributed by atoms with Gasteiger partial charge in [-0.15, -0.1) is 4.33 Å². The molecule has 3 unspecified atom stereocenters. The third-order valence-electron chi connectivity index (χ3n) is 5.78. The second-order valence-electron chi connectivity index (χ2n) is 8.31. The number of ether oxygens (including phenoxy) is 3. The minimum atomic E-state index is -5.17. The summed E-state index contributed by atoms with van der Waals surface area (Å²) in [6.45, 7) is 2.41. The summed E-state index contributed by atoms with van der Waals surface area (Å²) < 4.78 is 65.5. The van der Waals surface area contributed by atoms with E-state index in [9.17, 15) is 33.1 Å². The number of hydrogen-bond acceptors (Lipinski definition) is 17. The minimum Gasteiger partial charge on any atom is -0.388 e. The van der Waals surface area contributed by atoms with Crippen molar-refractivity contribution in [1.29, 1.82) is 0 Å². The van der Waals surface area contributed by atoms with Crippen molar-refractivity contribution in [2.24, 2.45) is 0 Å². The molecule has 4 rings (SSSR count). The Morgan fingerprint density at radius 2 is 1.92 bits per heavy atom. The van der Waals surface area contributed by atoms with Gasteiger partial charge in [0.15, 0.2) is 42.1 Å². The van der Waals surface area contributed by atoms with E-state index in [1.54, 1.807) is 0 Å². The predicted octanol–water partition coefficient (Wildman–Crippen LogP) is -2.27. The lowest BCUT2D eigenvalue weighted by Crippen LogP contribution is -2.59. The van der Waals surface area contributed by atoms with E-state index < -0.39 is 77.8 Å². The molecule has 214 valence electrons. The Morgan fingerprint density at radius 1 is 1.18 bits per heavy atom. The minimum absolute atomic E-state index is 0.0342. The molecule has 0 saturated carbocycles. The molecule has 2 aromatic heterocycles. The van der Waals surface area contributed by atoms with Gasteiger partial charge in [-0.1, -0.05) is 5.04 Å². The van der Waals surface area contributed by atoms with E-state index >= 15 is 0 Å². The number of nitrogens with zero attached hydrogens (tertiary/aromatic N) is 3. The molecule has 6 N–H and O–H groups in total. The maximum Gasteiger partial charge on any atom is 0.397 e. The highest BCUT2D eigenvalue weighted by Crippen LogP contribution is 2.38. The highest BCUT2D eigenvalue weighted by Gasteiger charge is 2.53. The summed E-state index contributed by atoms with van der Waals surface area (Å²) in [5.41, 5.74) is -0.752. The molecular formula is C17H24N4O15S2. The Bertz CT molecular complexity index is 1270. The number of imidazole rings is 1. The van der Waals surface area contributed by atoms with Crippen molar-refractivity contribution < 1.29 is 65.5 Å². The number of aromatic nitrogens is 4. The number of aromatic amines is 1. The van der Waals surface area contributed by atoms with Crippen LogP contribution in [0.15, 0.2) is 11.1 Å². The topological polar surface area (TPSA) is 263 Å². The van der Waals surface area contributed by atoms with E-state index in [2.05, 4.69) is 24.3 Å². The first-order valence-electron chi connectivity index (χ1n) is 10.8. The maximum absolute atomic E-state index is 12.3. The quantitative estimate of drug-likeness (QED) is 0.0561. The van der Waals surface area contributed by atoms with Gasteiger partial charge in [0.05, 0.1) is 19.0 Å². The lowest BCUT2D eigenvalue weighted by atomic mass is 10.00. The van der Waals surface area contributed by atoms with Crippen LogP contribution in [0.25, 0.3) is 11.2 Å². The van der Waals surface area contributed by atoms with E-state index in [-0.39, 0.29) is 29.3 Å². The normalized spacial score (nSPS) is 34.2. The first-order valence-corrected chi connectivity index (χ1v) is 12.8. The zero-order valence-electron chi connectivity index (χ0n) is 19.5. The van der Waals surface area contributed by atoms with Crippen LogP contribution in [0, 0.1) is 6.92 Å². The van der Waals surface area contributed by atoms with Crippen molar-refractivity contribution in [3.63, 3.8) is 0 Å². The molecular weight excluding hydrogens is 564 g/mol. The molecule has 0 aromatic carbocycles. The molecule has 2 aliphatic heterocycles. The average Bonchev–Trinajstić information content (AvgIpc) is 3.39. The number of H-pyrrole nitrogens is 1. The summed E-state index contributed by atoms with van der Waals surface area (Å²) in [7, 11) is -5.17. The fourth-order valence-electron chi connectivity index (χ4n) is 4.10. The number of aryl methyl sites for hydroxylation is 1. The summed E-state index contributed by atoms with van der Waals surface area (Å²) >= 11 is 0.163. The molecule has 0 spiro atoms. The largest absolute Gasteiger partial charge is 0.397 e. The van der Waals surface area contributed by atoms with Crippen LogP contribution in [0.3, 0.4) is 0 Å². The Hall–Kier alpha value is -1.83. The summed E-state index contributed by atoms with van der Waals surface area (Å²) in [4.78, 5) is 22.9. The van der Waals surface area contributed by atoms with Gasteiger partial charge in [-0.05, 0) is 13.8 Å². The third-order valence-corrected chi connectivity index (χ3v) is 6.60. The van der Waals surface area contributed by atoms with Crippen LogP contribution in [-0.4, -0.2) is 109 Å². The maximum atomic E-state index is 12.3. The summed E-state index contributed by atoms with van der Waals surface area (Å²) in [6, 6.07) is 0. The molecule has 21 heteroatoms. The van der Waals surface area contributed by atoms with Gasteiger partial charge in [-0.2, -0.15) is 8.42 Å². The Kier molecular flexibility index (Phi) is 9.00. The van der Waals surface area contributed by atoms with Crippen LogP contribution in [-0.2, 0) is 42.3 Å². The van der Waals surface area contributed by atoms with Crippen molar-refractivity contribution in [3.05, 3.63) is 22.5 Å². The van der Waals surface area contributed by atoms with Gasteiger partial charge in [-0.3, -0.25) is 18.1 Å². The molecule has 0 aliphatic carbocycles. The van der Waals surface area contributed by atoms with Gasteiger partial charge < -0.3 is 34.5 Å². The molecule has 38 heavy (non-hydrogen) atoms. The van der Waals surface area contributed by atoms with Crippen molar-refractivity contribution in [2.45, 2.75) is 69.1 Å². The van der Waals surface area contributed by atoms with Crippen molar-refractivity contribution >= 4 is 33.9 Å². The van der Waals surface area contributed by atoms with E-state index in [4.69, 9.17) is 27.8 Å². The summed E-state index contributed by atoms with van der Waals surface area (Å²) in [5.74, 6) is 0.194. The van der Waals surface area contributed by atoms with Crippen LogP contribution in [0.1, 0.15) is 19.0 Å². The fraction of sp³-hybridized carbons (Fsp3) is 0.706. The Morgan fingerprint density at radius 3 is 2.61 bits per heavy atom. The molecule has 0 bridgehead atoms. The zero-order chi connectivity index (χ0) is 27.8. The molecule has 0 radical (unpaired) electrons. The van der Waals surface area contributed by atoms with Crippen LogP contribution in [0.5, 0.6) is 0 Å². The molecule has 2 fully saturated rings. The lowest BCUT2D eigenvalue weighted by Gasteiger charge is -2.40. The SMILES string of the molecule is Cc1nc2c(ncn2[C@@H]2O[C@H](COSOOO)[C@H](OC3OC(C)[C@@H](O)[C@H](O)[C@H]3O)C2OS(=O)(=O)O)c(=O)[nH]1. The van der Waals surface area contributed by atoms with Crippen LogP contribution in [0.4, 0.5) is 0 Å². The summed E-state index contributed by atoms with van der Waals surface area (Å²) in [6.07, 6.45) is -12.5. The van der Waals surface area contributed by atoms with Crippen LogP contribution >= 0.6 is 12.3 Å². The van der Waals surface area contributed by atoms with E-state index in [1.165, 1.54) is 13.8 Å². The number of aliphatic hydroxyl groups is 3.